The Kier molecular flexibility index (Phi) is 5.53. The molecule has 0 spiro atoms. The monoisotopic (exact) mass is 373 g/mol. The van der Waals surface area contributed by atoms with E-state index in [4.69, 9.17) is 4.42 Å². The van der Waals surface area contributed by atoms with Gasteiger partial charge in [0.25, 0.3) is 5.91 Å². The number of piperidine rings is 2. The number of carbonyl (C=O) groups is 2. The molecule has 1 atom stereocenters. The van der Waals surface area contributed by atoms with Crippen molar-refractivity contribution in [3.63, 3.8) is 0 Å². The number of likely N-dealkylation sites (tertiary alicyclic amines) is 3. The van der Waals surface area contributed by atoms with Crippen LogP contribution in [-0.4, -0.2) is 71.8 Å². The van der Waals surface area contributed by atoms with Crippen LogP contribution in [0.1, 0.15) is 54.6 Å². The van der Waals surface area contributed by atoms with Crippen molar-refractivity contribution in [3.05, 3.63) is 23.7 Å². The molecule has 6 nitrogen and oxygen atoms in total. The normalized spacial score (nSPS) is 25.1. The second-order valence-corrected chi connectivity index (χ2v) is 8.28. The van der Waals surface area contributed by atoms with Crippen LogP contribution in [0.15, 0.2) is 16.7 Å². The van der Waals surface area contributed by atoms with E-state index in [1.54, 1.807) is 12.3 Å². The van der Waals surface area contributed by atoms with E-state index >= 15 is 0 Å². The molecule has 0 radical (unpaired) electrons. The maximum atomic E-state index is 12.8. The molecule has 0 N–H and O–H groups in total. The van der Waals surface area contributed by atoms with Gasteiger partial charge in [0, 0.05) is 38.8 Å². The van der Waals surface area contributed by atoms with E-state index in [0.717, 1.165) is 77.8 Å². The van der Waals surface area contributed by atoms with Crippen molar-refractivity contribution in [2.45, 2.75) is 51.5 Å². The molecule has 3 aliphatic rings. The van der Waals surface area contributed by atoms with Gasteiger partial charge in [-0.2, -0.15) is 0 Å². The number of carbonyl (C=O) groups excluding carboxylic acids is 2. The second kappa shape index (κ2) is 8.05. The maximum absolute atomic E-state index is 12.8. The molecule has 0 aliphatic carbocycles. The zero-order valence-corrected chi connectivity index (χ0v) is 16.4. The highest BCUT2D eigenvalue weighted by Gasteiger charge is 2.35. The van der Waals surface area contributed by atoms with Gasteiger partial charge in [0.1, 0.15) is 5.76 Å². The molecule has 148 valence electrons. The van der Waals surface area contributed by atoms with Crippen LogP contribution in [-0.2, 0) is 4.79 Å². The average molecular weight is 373 g/mol. The highest BCUT2D eigenvalue weighted by Crippen LogP contribution is 2.27. The molecule has 2 amide bonds. The molecule has 0 saturated carbocycles. The largest absolute Gasteiger partial charge is 0.469 e. The van der Waals surface area contributed by atoms with Crippen LogP contribution in [0.25, 0.3) is 0 Å². The summed E-state index contributed by atoms with van der Waals surface area (Å²) in [6.07, 6.45) is 8.03. The highest BCUT2D eigenvalue weighted by molar-refractivity contribution is 5.95. The van der Waals surface area contributed by atoms with Gasteiger partial charge in [-0.05, 0) is 58.1 Å². The van der Waals surface area contributed by atoms with E-state index in [-0.39, 0.29) is 11.8 Å². The lowest BCUT2D eigenvalue weighted by Gasteiger charge is -2.42. The molecule has 0 bridgehead atoms. The van der Waals surface area contributed by atoms with Gasteiger partial charge >= 0.3 is 0 Å². The highest BCUT2D eigenvalue weighted by atomic mass is 16.3. The number of furan rings is 1. The van der Waals surface area contributed by atoms with Gasteiger partial charge in [-0.25, -0.2) is 0 Å². The predicted octanol–water partition coefficient (Wildman–Crippen LogP) is 2.53. The number of hydrogen-bond donors (Lipinski definition) is 0. The zero-order chi connectivity index (χ0) is 18.8. The molecule has 4 heterocycles. The Labute approximate surface area is 161 Å². The number of nitrogens with zero attached hydrogens (tertiary/aromatic N) is 3. The third-order valence-corrected chi connectivity index (χ3v) is 6.58. The summed E-state index contributed by atoms with van der Waals surface area (Å²) >= 11 is 0. The van der Waals surface area contributed by atoms with E-state index in [1.807, 2.05) is 11.8 Å². The van der Waals surface area contributed by atoms with Gasteiger partial charge in [0.05, 0.1) is 17.7 Å². The van der Waals surface area contributed by atoms with E-state index < -0.39 is 0 Å². The summed E-state index contributed by atoms with van der Waals surface area (Å²) in [5, 5.41) is 0. The van der Waals surface area contributed by atoms with Gasteiger partial charge in [0.2, 0.25) is 5.91 Å². The molecule has 1 aromatic rings. The van der Waals surface area contributed by atoms with Crippen LogP contribution < -0.4 is 0 Å². The summed E-state index contributed by atoms with van der Waals surface area (Å²) in [5.74, 6) is 1.33. The number of aryl methyl sites for hydroxylation is 1. The molecular formula is C21H31N3O3. The molecular weight excluding hydrogens is 342 g/mol. The molecule has 0 unspecified atom stereocenters. The van der Waals surface area contributed by atoms with Gasteiger partial charge in [-0.1, -0.05) is 0 Å². The quantitative estimate of drug-likeness (QED) is 0.817. The van der Waals surface area contributed by atoms with Crippen molar-refractivity contribution in [3.8, 4) is 0 Å². The number of rotatable bonds is 3. The summed E-state index contributed by atoms with van der Waals surface area (Å²) in [7, 11) is 0. The summed E-state index contributed by atoms with van der Waals surface area (Å²) in [6.45, 7) is 7.29. The van der Waals surface area contributed by atoms with Crippen molar-refractivity contribution in [1.82, 2.24) is 14.7 Å². The lowest BCUT2D eigenvalue weighted by molar-refractivity contribution is -0.136. The minimum Gasteiger partial charge on any atom is -0.469 e. The van der Waals surface area contributed by atoms with Crippen molar-refractivity contribution in [2.24, 2.45) is 5.92 Å². The lowest BCUT2D eigenvalue weighted by Crippen LogP contribution is -2.51. The molecule has 27 heavy (non-hydrogen) atoms. The van der Waals surface area contributed by atoms with Crippen LogP contribution >= 0.6 is 0 Å². The first-order chi connectivity index (χ1) is 13.1. The van der Waals surface area contributed by atoms with Gasteiger partial charge in [0.15, 0.2) is 0 Å². The number of amides is 2. The first-order valence-corrected chi connectivity index (χ1v) is 10.5. The molecule has 0 aromatic carbocycles. The third-order valence-electron chi connectivity index (χ3n) is 6.58. The Hall–Kier alpha value is -1.82. The van der Waals surface area contributed by atoms with E-state index in [1.165, 1.54) is 0 Å². The molecule has 4 rings (SSSR count). The summed E-state index contributed by atoms with van der Waals surface area (Å²) < 4.78 is 5.28. The first-order valence-electron chi connectivity index (χ1n) is 10.5. The average Bonchev–Trinajstić information content (AvgIpc) is 3.39. The van der Waals surface area contributed by atoms with Crippen LogP contribution in [0.4, 0.5) is 0 Å². The Morgan fingerprint density at radius 2 is 1.70 bits per heavy atom. The van der Waals surface area contributed by atoms with Crippen LogP contribution in [0.5, 0.6) is 0 Å². The van der Waals surface area contributed by atoms with Gasteiger partial charge < -0.3 is 14.2 Å². The van der Waals surface area contributed by atoms with Crippen molar-refractivity contribution in [1.29, 1.82) is 0 Å². The minimum atomic E-state index is 0.0837. The molecule has 6 heteroatoms. The Morgan fingerprint density at radius 1 is 0.963 bits per heavy atom. The molecule has 1 aromatic heterocycles. The lowest BCUT2D eigenvalue weighted by atomic mass is 9.92. The van der Waals surface area contributed by atoms with Crippen LogP contribution in [0, 0.1) is 12.8 Å². The van der Waals surface area contributed by atoms with Crippen LogP contribution in [0.3, 0.4) is 0 Å². The fourth-order valence-corrected chi connectivity index (χ4v) is 4.95. The maximum Gasteiger partial charge on any atom is 0.257 e. The Morgan fingerprint density at radius 3 is 2.37 bits per heavy atom. The Bertz CT molecular complexity index is 672. The van der Waals surface area contributed by atoms with Gasteiger partial charge in [-0.15, -0.1) is 0 Å². The molecule has 3 aliphatic heterocycles. The first kappa shape index (κ1) is 18.5. The fourth-order valence-electron chi connectivity index (χ4n) is 4.95. The fraction of sp³-hybridized carbons (Fsp3) is 0.714. The molecule has 3 fully saturated rings. The van der Waals surface area contributed by atoms with E-state index in [0.29, 0.717) is 23.3 Å². The smallest absolute Gasteiger partial charge is 0.257 e. The SMILES string of the molecule is Cc1occc1C(=O)N1CCC(N2CCC[C@H](C(=O)N3CCCC3)C2)CC1. The summed E-state index contributed by atoms with van der Waals surface area (Å²) in [5.41, 5.74) is 0.683. The van der Waals surface area contributed by atoms with E-state index in [2.05, 4.69) is 9.80 Å². The Balaban J connectivity index is 1.30. The standard InChI is InChI=1S/C21H31N3O3/c1-16-19(8-14-27-16)21(26)23-12-6-18(7-13-23)24-11-4-5-17(15-24)20(25)22-9-2-3-10-22/h8,14,17-18H,2-7,9-13,15H2,1H3/t17-/m0/s1. The topological polar surface area (TPSA) is 57.0 Å². The second-order valence-electron chi connectivity index (χ2n) is 8.28. The predicted molar refractivity (Wildman–Crippen MR) is 102 cm³/mol. The summed E-state index contributed by atoms with van der Waals surface area (Å²) in [6, 6.07) is 2.26. The third kappa shape index (κ3) is 3.91. The van der Waals surface area contributed by atoms with E-state index in [9.17, 15) is 9.59 Å². The zero-order valence-electron chi connectivity index (χ0n) is 16.4. The number of hydrogen-bond acceptors (Lipinski definition) is 4. The van der Waals surface area contributed by atoms with Crippen molar-refractivity contribution < 1.29 is 14.0 Å². The van der Waals surface area contributed by atoms with Crippen LogP contribution in [0.2, 0.25) is 0 Å². The van der Waals surface area contributed by atoms with Gasteiger partial charge in [-0.3, -0.25) is 14.5 Å². The van der Waals surface area contributed by atoms with Crippen molar-refractivity contribution >= 4 is 11.8 Å². The van der Waals surface area contributed by atoms with Crippen molar-refractivity contribution in [2.75, 3.05) is 39.3 Å². The molecule has 3 saturated heterocycles. The summed E-state index contributed by atoms with van der Waals surface area (Å²) in [4.78, 5) is 32.0. The minimum absolute atomic E-state index is 0.0837.